The predicted octanol–water partition coefficient (Wildman–Crippen LogP) is 5.08. The molecule has 0 heterocycles. The van der Waals surface area contributed by atoms with Crippen LogP contribution in [0.3, 0.4) is 0 Å². The van der Waals surface area contributed by atoms with Crippen LogP contribution in [0, 0.1) is 0 Å². The third-order valence-corrected chi connectivity index (χ3v) is 5.22. The number of nitrogens with one attached hydrogen (secondary N) is 1. The number of hydrogen-bond donors (Lipinski definition) is 2. The molecule has 0 aromatic heterocycles. The first kappa shape index (κ1) is 19.5. The zero-order valence-corrected chi connectivity index (χ0v) is 16.8. The summed E-state index contributed by atoms with van der Waals surface area (Å²) < 4.78 is 0. The minimum absolute atomic E-state index is 0.536. The second-order valence-corrected chi connectivity index (χ2v) is 7.23. The number of benzene rings is 4. The molecule has 0 amide bonds. The van der Waals surface area contributed by atoms with E-state index in [-0.39, 0.29) is 0 Å². The first-order valence-electron chi connectivity index (χ1n) is 10.1. The van der Waals surface area contributed by atoms with Gasteiger partial charge in [0.1, 0.15) is 11.4 Å². The predicted molar refractivity (Wildman–Crippen MR) is 124 cm³/mol. The van der Waals surface area contributed by atoms with Crippen molar-refractivity contribution in [1.29, 1.82) is 0 Å². The van der Waals surface area contributed by atoms with Crippen molar-refractivity contribution in [3.8, 4) is 0 Å². The van der Waals surface area contributed by atoms with Crippen LogP contribution in [0.15, 0.2) is 126 Å². The van der Waals surface area contributed by atoms with Crippen LogP contribution in [0.25, 0.3) is 0 Å². The van der Waals surface area contributed by atoms with Crippen molar-refractivity contribution in [2.75, 3.05) is 0 Å². The second kappa shape index (κ2) is 9.10. The van der Waals surface area contributed by atoms with Crippen LogP contribution in [0.2, 0.25) is 0 Å². The molecule has 0 unspecified atom stereocenters. The molecule has 4 rings (SSSR count). The fraction of sp³-hybridized carbons (Fsp3) is 0.0741. The van der Waals surface area contributed by atoms with Gasteiger partial charge in [0.2, 0.25) is 0 Å². The molecule has 0 saturated carbocycles. The van der Waals surface area contributed by atoms with Gasteiger partial charge in [0.25, 0.3) is 0 Å². The summed E-state index contributed by atoms with van der Waals surface area (Å²) in [7, 11) is 0. The maximum absolute atomic E-state index is 6.33. The Kier molecular flexibility index (Phi) is 5.90. The van der Waals surface area contributed by atoms with Gasteiger partial charge in [-0.05, 0) is 22.3 Å². The highest BCUT2D eigenvalue weighted by Crippen LogP contribution is 2.36. The monoisotopic (exact) mass is 391 g/mol. The smallest absolute Gasteiger partial charge is 0.130 e. The van der Waals surface area contributed by atoms with Gasteiger partial charge >= 0.3 is 0 Å². The van der Waals surface area contributed by atoms with Crippen LogP contribution < -0.4 is 11.2 Å². The molecule has 0 aliphatic heterocycles. The Balaban J connectivity index is 1.82. The molecule has 0 aliphatic carbocycles. The summed E-state index contributed by atoms with van der Waals surface area (Å²) in [6.07, 6.45) is 0.586. The Hall–Kier alpha value is -3.85. The number of nitrogens with two attached hydrogens (primary N) is 1. The van der Waals surface area contributed by atoms with E-state index in [9.17, 15) is 0 Å². The van der Waals surface area contributed by atoms with Crippen LogP contribution in [0.1, 0.15) is 22.3 Å². The van der Waals surface area contributed by atoms with Crippen molar-refractivity contribution in [1.82, 2.24) is 5.43 Å². The average molecular weight is 392 g/mol. The normalized spacial score (nSPS) is 11.8. The van der Waals surface area contributed by atoms with Crippen LogP contribution in [0.4, 0.5) is 0 Å². The zero-order chi connectivity index (χ0) is 20.7. The minimum atomic E-state index is -0.662. The maximum atomic E-state index is 6.33. The Bertz CT molecular complexity index is 979. The molecule has 0 atom stereocenters. The fourth-order valence-corrected chi connectivity index (χ4v) is 3.76. The third kappa shape index (κ3) is 4.11. The van der Waals surface area contributed by atoms with Crippen molar-refractivity contribution in [3.63, 3.8) is 0 Å². The molecule has 0 radical (unpaired) electrons. The van der Waals surface area contributed by atoms with E-state index in [0.717, 1.165) is 22.3 Å². The van der Waals surface area contributed by atoms with E-state index in [1.54, 1.807) is 0 Å². The lowest BCUT2D eigenvalue weighted by atomic mass is 9.77. The van der Waals surface area contributed by atoms with E-state index in [1.165, 1.54) is 0 Å². The molecule has 3 N–H and O–H groups in total. The molecule has 30 heavy (non-hydrogen) atoms. The molecule has 4 aromatic carbocycles. The molecule has 0 bridgehead atoms. The van der Waals surface area contributed by atoms with Crippen LogP contribution in [0.5, 0.6) is 0 Å². The summed E-state index contributed by atoms with van der Waals surface area (Å²) in [5, 5.41) is 4.67. The SMILES string of the molecule is N/C(Cc1ccccc1)=N\NC(c1ccccc1)(c1ccccc1)c1ccccc1. The second-order valence-electron chi connectivity index (χ2n) is 7.23. The van der Waals surface area contributed by atoms with Gasteiger partial charge in [-0.2, -0.15) is 5.10 Å². The summed E-state index contributed by atoms with van der Waals surface area (Å²) >= 11 is 0. The first-order valence-corrected chi connectivity index (χ1v) is 10.1. The summed E-state index contributed by atoms with van der Waals surface area (Å²) in [5.41, 5.74) is 13.6. The highest BCUT2D eigenvalue weighted by Gasteiger charge is 2.36. The van der Waals surface area contributed by atoms with Gasteiger partial charge < -0.3 is 5.73 Å². The van der Waals surface area contributed by atoms with E-state index >= 15 is 0 Å². The topological polar surface area (TPSA) is 50.4 Å². The molecule has 148 valence electrons. The van der Waals surface area contributed by atoms with E-state index in [0.29, 0.717) is 12.3 Å². The van der Waals surface area contributed by atoms with Crippen LogP contribution >= 0.6 is 0 Å². The van der Waals surface area contributed by atoms with Crippen molar-refractivity contribution < 1.29 is 0 Å². The summed E-state index contributed by atoms with van der Waals surface area (Å²) in [5.74, 6) is 0.536. The van der Waals surface area contributed by atoms with Crippen molar-refractivity contribution in [2.45, 2.75) is 12.0 Å². The lowest BCUT2D eigenvalue weighted by Gasteiger charge is -2.35. The summed E-state index contributed by atoms with van der Waals surface area (Å²) in [6.45, 7) is 0. The number of rotatable bonds is 7. The highest BCUT2D eigenvalue weighted by molar-refractivity contribution is 5.82. The van der Waals surface area contributed by atoms with E-state index < -0.39 is 5.54 Å². The van der Waals surface area contributed by atoms with Crippen LogP contribution in [-0.4, -0.2) is 5.84 Å². The Labute approximate surface area is 177 Å². The average Bonchev–Trinajstić information content (AvgIpc) is 2.82. The minimum Gasteiger partial charge on any atom is -0.385 e. The lowest BCUT2D eigenvalue weighted by Crippen LogP contribution is -2.43. The molecule has 3 nitrogen and oxygen atoms in total. The molecule has 0 spiro atoms. The Morgan fingerprint density at radius 2 is 0.967 bits per heavy atom. The van der Waals surface area contributed by atoms with E-state index in [1.807, 2.05) is 36.4 Å². The van der Waals surface area contributed by atoms with Gasteiger partial charge in [-0.25, -0.2) is 0 Å². The van der Waals surface area contributed by atoms with Gasteiger partial charge in [-0.1, -0.05) is 121 Å². The maximum Gasteiger partial charge on any atom is 0.130 e. The largest absolute Gasteiger partial charge is 0.385 e. The molecule has 3 heteroatoms. The third-order valence-electron chi connectivity index (χ3n) is 5.22. The Morgan fingerprint density at radius 3 is 1.37 bits per heavy atom. The van der Waals surface area contributed by atoms with Gasteiger partial charge in [-0.3, -0.25) is 5.43 Å². The summed E-state index contributed by atoms with van der Waals surface area (Å²) in [6, 6.07) is 41.2. The van der Waals surface area contributed by atoms with Crippen molar-refractivity contribution in [3.05, 3.63) is 144 Å². The molecule has 0 saturated heterocycles. The number of nitrogens with zero attached hydrogens (tertiary/aromatic N) is 1. The van der Waals surface area contributed by atoms with Crippen molar-refractivity contribution in [2.24, 2.45) is 10.8 Å². The Morgan fingerprint density at radius 1 is 0.600 bits per heavy atom. The molecule has 4 aromatic rings. The fourth-order valence-electron chi connectivity index (χ4n) is 3.76. The van der Waals surface area contributed by atoms with Gasteiger partial charge in [0.15, 0.2) is 0 Å². The van der Waals surface area contributed by atoms with Gasteiger partial charge in [-0.15, -0.1) is 0 Å². The quantitative estimate of drug-likeness (QED) is 0.200. The lowest BCUT2D eigenvalue weighted by molar-refractivity contribution is 0.490. The van der Waals surface area contributed by atoms with Crippen LogP contribution in [-0.2, 0) is 12.0 Å². The van der Waals surface area contributed by atoms with Gasteiger partial charge in [0, 0.05) is 6.42 Å². The highest BCUT2D eigenvalue weighted by atomic mass is 15.3. The number of amidine groups is 1. The zero-order valence-electron chi connectivity index (χ0n) is 16.8. The van der Waals surface area contributed by atoms with Crippen molar-refractivity contribution >= 4 is 5.84 Å². The van der Waals surface area contributed by atoms with E-state index in [2.05, 4.69) is 95.5 Å². The number of hydrogen-bond acceptors (Lipinski definition) is 2. The number of hydrazone groups is 1. The standard InChI is InChI=1S/C27H25N3/c28-26(21-22-13-5-1-6-14-22)29-30-27(23-15-7-2-8-16-23,24-17-9-3-10-18-24)25-19-11-4-12-20-25/h1-20,30H,21H2,(H2,28,29). The van der Waals surface area contributed by atoms with E-state index in [4.69, 9.17) is 5.73 Å². The summed E-state index contributed by atoms with van der Waals surface area (Å²) in [4.78, 5) is 0. The first-order chi connectivity index (χ1) is 14.8. The molecule has 0 fully saturated rings. The molecular formula is C27H25N3. The van der Waals surface area contributed by atoms with Gasteiger partial charge in [0.05, 0.1) is 0 Å². The molecule has 0 aliphatic rings. The molecular weight excluding hydrogens is 366 g/mol.